The summed E-state index contributed by atoms with van der Waals surface area (Å²) in [5.41, 5.74) is 2.28. The van der Waals surface area contributed by atoms with E-state index in [2.05, 4.69) is 28.8 Å². The molecule has 1 saturated carbocycles. The lowest BCUT2D eigenvalue weighted by Crippen LogP contribution is -2.27. The maximum absolute atomic E-state index is 11.7. The van der Waals surface area contributed by atoms with Gasteiger partial charge in [0.15, 0.2) is 0 Å². The number of hydrogen-bond acceptors (Lipinski definition) is 3. The van der Waals surface area contributed by atoms with Crippen LogP contribution in [0.3, 0.4) is 0 Å². The summed E-state index contributed by atoms with van der Waals surface area (Å²) >= 11 is 0. The fourth-order valence-electron chi connectivity index (χ4n) is 2.38. The van der Waals surface area contributed by atoms with Gasteiger partial charge in [0.25, 0.3) is 0 Å². The van der Waals surface area contributed by atoms with Gasteiger partial charge in [0.2, 0.25) is 5.91 Å². The van der Waals surface area contributed by atoms with Crippen molar-refractivity contribution >= 4 is 16.8 Å². The summed E-state index contributed by atoms with van der Waals surface area (Å²) in [4.78, 5) is 11.7. The SMILES string of the molecule is N#CCNC(=O)Cn1ccc2ccc(CNC3CC3)cc21. The van der Waals surface area contributed by atoms with E-state index in [-0.39, 0.29) is 19.0 Å². The highest BCUT2D eigenvalue weighted by Gasteiger charge is 2.20. The van der Waals surface area contributed by atoms with Crippen molar-refractivity contribution in [2.75, 3.05) is 6.54 Å². The van der Waals surface area contributed by atoms with E-state index in [1.54, 1.807) is 0 Å². The summed E-state index contributed by atoms with van der Waals surface area (Å²) in [6, 6.07) is 10.9. The Morgan fingerprint density at radius 1 is 1.38 bits per heavy atom. The Kier molecular flexibility index (Phi) is 3.89. The minimum atomic E-state index is -0.143. The topological polar surface area (TPSA) is 69.8 Å². The average Bonchev–Trinajstić information content (AvgIpc) is 3.25. The lowest BCUT2D eigenvalue weighted by atomic mass is 10.1. The van der Waals surface area contributed by atoms with E-state index in [1.807, 2.05) is 22.9 Å². The van der Waals surface area contributed by atoms with E-state index >= 15 is 0 Å². The molecule has 1 aromatic heterocycles. The number of aromatic nitrogens is 1. The van der Waals surface area contributed by atoms with Crippen LogP contribution < -0.4 is 10.6 Å². The Balaban J connectivity index is 1.73. The Bertz CT molecular complexity index is 694. The molecule has 1 heterocycles. The van der Waals surface area contributed by atoms with Crippen LogP contribution in [0.4, 0.5) is 0 Å². The largest absolute Gasteiger partial charge is 0.341 e. The van der Waals surface area contributed by atoms with Crippen LogP contribution in [-0.2, 0) is 17.9 Å². The van der Waals surface area contributed by atoms with E-state index in [0.29, 0.717) is 6.04 Å². The highest BCUT2D eigenvalue weighted by atomic mass is 16.1. The highest BCUT2D eigenvalue weighted by Crippen LogP contribution is 2.21. The summed E-state index contributed by atoms with van der Waals surface area (Å²) in [5, 5.41) is 15.7. The molecule has 0 radical (unpaired) electrons. The number of hydrogen-bond donors (Lipinski definition) is 2. The van der Waals surface area contributed by atoms with Crippen LogP contribution >= 0.6 is 0 Å². The normalized spacial score (nSPS) is 14.0. The number of carbonyl (C=O) groups excluding carboxylic acids is 1. The van der Waals surface area contributed by atoms with Gasteiger partial charge in [0.05, 0.1) is 6.07 Å². The van der Waals surface area contributed by atoms with E-state index < -0.39 is 0 Å². The van der Waals surface area contributed by atoms with Crippen molar-refractivity contribution in [3.8, 4) is 6.07 Å². The highest BCUT2D eigenvalue weighted by molar-refractivity contribution is 5.83. The van der Waals surface area contributed by atoms with Crippen LogP contribution in [0, 0.1) is 11.3 Å². The molecule has 21 heavy (non-hydrogen) atoms. The summed E-state index contributed by atoms with van der Waals surface area (Å²) < 4.78 is 1.92. The number of benzene rings is 1. The monoisotopic (exact) mass is 282 g/mol. The number of rotatable bonds is 6. The molecule has 0 spiro atoms. The van der Waals surface area contributed by atoms with E-state index in [9.17, 15) is 4.79 Å². The number of nitriles is 1. The van der Waals surface area contributed by atoms with Crippen molar-refractivity contribution in [1.29, 1.82) is 5.26 Å². The molecular weight excluding hydrogens is 264 g/mol. The molecule has 2 N–H and O–H groups in total. The van der Waals surface area contributed by atoms with Crippen molar-refractivity contribution in [3.63, 3.8) is 0 Å². The van der Waals surface area contributed by atoms with Crippen LogP contribution in [-0.4, -0.2) is 23.1 Å². The first-order chi connectivity index (χ1) is 10.3. The van der Waals surface area contributed by atoms with Gasteiger partial charge in [-0.05, 0) is 35.9 Å². The maximum Gasteiger partial charge on any atom is 0.240 e. The maximum atomic E-state index is 11.7. The molecule has 1 fully saturated rings. The lowest BCUT2D eigenvalue weighted by Gasteiger charge is -2.07. The zero-order valence-corrected chi connectivity index (χ0v) is 11.8. The molecule has 5 heteroatoms. The van der Waals surface area contributed by atoms with E-state index in [1.165, 1.54) is 18.4 Å². The number of nitrogens with one attached hydrogen (secondary N) is 2. The van der Waals surface area contributed by atoms with Gasteiger partial charge in [-0.15, -0.1) is 0 Å². The Morgan fingerprint density at radius 2 is 2.24 bits per heavy atom. The van der Waals surface area contributed by atoms with E-state index in [0.717, 1.165) is 17.4 Å². The number of nitrogens with zero attached hydrogens (tertiary/aromatic N) is 2. The van der Waals surface area contributed by atoms with Crippen molar-refractivity contribution in [2.45, 2.75) is 32.0 Å². The van der Waals surface area contributed by atoms with Crippen molar-refractivity contribution in [1.82, 2.24) is 15.2 Å². The average molecular weight is 282 g/mol. The second-order valence-corrected chi connectivity index (χ2v) is 5.43. The van der Waals surface area contributed by atoms with Gasteiger partial charge in [-0.1, -0.05) is 12.1 Å². The first-order valence-corrected chi connectivity index (χ1v) is 7.21. The van der Waals surface area contributed by atoms with Crippen molar-refractivity contribution in [2.24, 2.45) is 0 Å². The summed E-state index contributed by atoms with van der Waals surface area (Å²) in [7, 11) is 0. The number of carbonyl (C=O) groups is 1. The molecule has 3 rings (SSSR count). The molecule has 1 amide bonds. The van der Waals surface area contributed by atoms with Crippen molar-refractivity contribution in [3.05, 3.63) is 36.0 Å². The molecule has 0 aliphatic heterocycles. The minimum absolute atomic E-state index is 0.0502. The second-order valence-electron chi connectivity index (χ2n) is 5.43. The number of amides is 1. The molecule has 2 aromatic rings. The molecule has 0 saturated heterocycles. The third-order valence-corrected chi connectivity index (χ3v) is 3.69. The fraction of sp³-hybridized carbons (Fsp3) is 0.375. The predicted molar refractivity (Wildman–Crippen MR) is 80.4 cm³/mol. The van der Waals surface area contributed by atoms with Gasteiger partial charge < -0.3 is 15.2 Å². The standard InChI is InChI=1S/C16H18N4O/c17-6-7-18-16(21)11-20-8-5-13-2-1-12(9-15(13)20)10-19-14-3-4-14/h1-2,5,8-9,14,19H,3-4,7,10-11H2,(H,18,21). The molecule has 108 valence electrons. The van der Waals surface area contributed by atoms with Gasteiger partial charge in [-0.3, -0.25) is 4.79 Å². The molecule has 1 aliphatic carbocycles. The summed E-state index contributed by atoms with van der Waals surface area (Å²) in [6.45, 7) is 1.16. The fourth-order valence-corrected chi connectivity index (χ4v) is 2.38. The van der Waals surface area contributed by atoms with Crippen LogP contribution in [0.25, 0.3) is 10.9 Å². The Hall–Kier alpha value is -2.32. The molecule has 1 aromatic carbocycles. The van der Waals surface area contributed by atoms with Crippen molar-refractivity contribution < 1.29 is 4.79 Å². The first-order valence-electron chi connectivity index (χ1n) is 7.21. The summed E-state index contributed by atoms with van der Waals surface area (Å²) in [5.74, 6) is -0.143. The smallest absolute Gasteiger partial charge is 0.240 e. The quantitative estimate of drug-likeness (QED) is 0.789. The zero-order valence-electron chi connectivity index (χ0n) is 11.8. The second kappa shape index (κ2) is 5.98. The van der Waals surface area contributed by atoms with Gasteiger partial charge >= 0.3 is 0 Å². The molecule has 0 unspecified atom stereocenters. The molecule has 1 aliphatic rings. The van der Waals surface area contributed by atoms with Crippen LogP contribution in [0.2, 0.25) is 0 Å². The molecule has 0 bridgehead atoms. The minimum Gasteiger partial charge on any atom is -0.341 e. The first kappa shape index (κ1) is 13.7. The van der Waals surface area contributed by atoms with E-state index in [4.69, 9.17) is 5.26 Å². The lowest BCUT2D eigenvalue weighted by molar-refractivity contribution is -0.121. The predicted octanol–water partition coefficient (Wildman–Crippen LogP) is 1.53. The van der Waals surface area contributed by atoms with Gasteiger partial charge in [0.1, 0.15) is 13.1 Å². The Morgan fingerprint density at radius 3 is 3.00 bits per heavy atom. The van der Waals surface area contributed by atoms with Crippen LogP contribution in [0.1, 0.15) is 18.4 Å². The molecule has 0 atom stereocenters. The molecular formula is C16H18N4O. The van der Waals surface area contributed by atoms with Gasteiger partial charge in [-0.2, -0.15) is 5.26 Å². The third kappa shape index (κ3) is 3.41. The summed E-state index contributed by atoms with van der Waals surface area (Å²) in [6.07, 6.45) is 4.46. The van der Waals surface area contributed by atoms with Crippen LogP contribution in [0.5, 0.6) is 0 Å². The van der Waals surface area contributed by atoms with Crippen LogP contribution in [0.15, 0.2) is 30.5 Å². The van der Waals surface area contributed by atoms with Gasteiger partial charge in [-0.25, -0.2) is 0 Å². The Labute approximate surface area is 123 Å². The third-order valence-electron chi connectivity index (χ3n) is 3.69. The molecule has 5 nitrogen and oxygen atoms in total. The van der Waals surface area contributed by atoms with Gasteiger partial charge in [0, 0.05) is 24.3 Å². The zero-order chi connectivity index (χ0) is 14.7. The number of fused-ring (bicyclic) bond motifs is 1.